The summed E-state index contributed by atoms with van der Waals surface area (Å²) in [5.74, 6) is -0.426. The summed E-state index contributed by atoms with van der Waals surface area (Å²) in [5, 5.41) is 2.66. The Morgan fingerprint density at radius 3 is 2.16 bits per heavy atom. The number of ether oxygens (including phenoxy) is 1. The van der Waals surface area contributed by atoms with Gasteiger partial charge in [-0.05, 0) is 20.3 Å². The van der Waals surface area contributed by atoms with Gasteiger partial charge in [0.1, 0.15) is 6.04 Å². The minimum absolute atomic E-state index is 0.0610. The second kappa shape index (κ2) is 12.0. The average molecular weight is 271 g/mol. The quantitative estimate of drug-likeness (QED) is 0.464. The summed E-state index contributed by atoms with van der Waals surface area (Å²) in [6.07, 6.45) is 8.79. The SMILES string of the molecule is CCCCCCCCCC(=O)NC(C)C(=O)OCC. The lowest BCUT2D eigenvalue weighted by Crippen LogP contribution is -2.39. The third-order valence-corrected chi connectivity index (χ3v) is 3.03. The summed E-state index contributed by atoms with van der Waals surface area (Å²) in [5.41, 5.74) is 0. The van der Waals surface area contributed by atoms with Gasteiger partial charge in [-0.15, -0.1) is 0 Å². The van der Waals surface area contributed by atoms with Gasteiger partial charge in [0.15, 0.2) is 0 Å². The van der Waals surface area contributed by atoms with Gasteiger partial charge in [-0.25, -0.2) is 4.79 Å². The van der Waals surface area contributed by atoms with Crippen LogP contribution < -0.4 is 5.32 Å². The van der Waals surface area contributed by atoms with Crippen LogP contribution in [0.25, 0.3) is 0 Å². The Morgan fingerprint density at radius 1 is 1.00 bits per heavy atom. The molecule has 0 heterocycles. The Bertz CT molecular complexity index is 254. The van der Waals surface area contributed by atoms with Crippen LogP contribution in [0.4, 0.5) is 0 Å². The molecule has 0 aliphatic heterocycles. The van der Waals surface area contributed by atoms with E-state index in [2.05, 4.69) is 12.2 Å². The Kier molecular flexibility index (Phi) is 11.3. The van der Waals surface area contributed by atoms with Crippen LogP contribution in [0.2, 0.25) is 0 Å². The molecule has 0 aromatic rings. The van der Waals surface area contributed by atoms with Crippen molar-refractivity contribution in [3.8, 4) is 0 Å². The number of unbranched alkanes of at least 4 members (excludes halogenated alkanes) is 6. The second-order valence-electron chi connectivity index (χ2n) is 4.91. The van der Waals surface area contributed by atoms with E-state index in [-0.39, 0.29) is 11.9 Å². The van der Waals surface area contributed by atoms with Gasteiger partial charge < -0.3 is 10.1 Å². The fourth-order valence-corrected chi connectivity index (χ4v) is 1.88. The third kappa shape index (κ3) is 10.5. The van der Waals surface area contributed by atoms with Crippen LogP contribution in [0, 0.1) is 0 Å². The third-order valence-electron chi connectivity index (χ3n) is 3.03. The topological polar surface area (TPSA) is 55.4 Å². The maximum atomic E-state index is 11.6. The van der Waals surface area contributed by atoms with Crippen molar-refractivity contribution in [2.75, 3.05) is 6.61 Å². The number of hydrogen-bond donors (Lipinski definition) is 1. The molecule has 19 heavy (non-hydrogen) atoms. The van der Waals surface area contributed by atoms with Crippen molar-refractivity contribution in [2.45, 2.75) is 78.2 Å². The minimum Gasteiger partial charge on any atom is -0.464 e. The zero-order valence-electron chi connectivity index (χ0n) is 12.7. The molecule has 0 aromatic carbocycles. The molecule has 1 unspecified atom stereocenters. The highest BCUT2D eigenvalue weighted by Gasteiger charge is 2.15. The van der Waals surface area contributed by atoms with E-state index in [4.69, 9.17) is 4.74 Å². The van der Waals surface area contributed by atoms with Crippen molar-refractivity contribution < 1.29 is 14.3 Å². The first-order chi connectivity index (χ1) is 9.11. The van der Waals surface area contributed by atoms with E-state index in [1.165, 1.54) is 32.1 Å². The highest BCUT2D eigenvalue weighted by Crippen LogP contribution is 2.08. The predicted octanol–water partition coefficient (Wildman–Crippen LogP) is 3.19. The fraction of sp³-hybridized carbons (Fsp3) is 0.867. The summed E-state index contributed by atoms with van der Waals surface area (Å²) in [4.78, 5) is 22.9. The smallest absolute Gasteiger partial charge is 0.328 e. The maximum Gasteiger partial charge on any atom is 0.328 e. The number of rotatable bonds is 11. The summed E-state index contributed by atoms with van der Waals surface area (Å²) < 4.78 is 4.83. The molecule has 1 amide bonds. The Balaban J connectivity index is 3.51. The highest BCUT2D eigenvalue weighted by molar-refractivity contribution is 5.84. The van der Waals surface area contributed by atoms with Crippen molar-refractivity contribution >= 4 is 11.9 Å². The molecule has 0 bridgehead atoms. The standard InChI is InChI=1S/C15H29NO3/c1-4-6-7-8-9-10-11-12-14(17)16-13(3)15(18)19-5-2/h13H,4-12H2,1-3H3,(H,16,17). The molecule has 0 aliphatic carbocycles. The van der Waals surface area contributed by atoms with Gasteiger partial charge in [-0.3, -0.25) is 4.79 Å². The van der Waals surface area contributed by atoms with Gasteiger partial charge in [0.05, 0.1) is 6.61 Å². The largest absolute Gasteiger partial charge is 0.464 e. The van der Waals surface area contributed by atoms with Crippen LogP contribution in [0.1, 0.15) is 72.1 Å². The number of hydrogen-bond acceptors (Lipinski definition) is 3. The number of carbonyl (C=O) groups is 2. The number of esters is 1. The van der Waals surface area contributed by atoms with Crippen LogP contribution in [0.15, 0.2) is 0 Å². The lowest BCUT2D eigenvalue weighted by atomic mass is 10.1. The maximum absolute atomic E-state index is 11.6. The molecule has 112 valence electrons. The molecule has 1 N–H and O–H groups in total. The Morgan fingerprint density at radius 2 is 1.58 bits per heavy atom. The molecule has 0 saturated heterocycles. The van der Waals surface area contributed by atoms with E-state index in [0.29, 0.717) is 13.0 Å². The molecule has 0 saturated carbocycles. The van der Waals surface area contributed by atoms with Gasteiger partial charge in [0.25, 0.3) is 0 Å². The summed E-state index contributed by atoms with van der Waals surface area (Å²) in [7, 11) is 0. The zero-order chi connectivity index (χ0) is 14.5. The zero-order valence-corrected chi connectivity index (χ0v) is 12.7. The highest BCUT2D eigenvalue weighted by atomic mass is 16.5. The van der Waals surface area contributed by atoms with E-state index >= 15 is 0 Å². The van der Waals surface area contributed by atoms with E-state index in [9.17, 15) is 9.59 Å². The molecule has 0 aromatic heterocycles. The molecule has 0 rings (SSSR count). The minimum atomic E-state index is -0.544. The summed E-state index contributed by atoms with van der Waals surface area (Å²) in [6.45, 7) is 5.96. The Labute approximate surface area is 117 Å². The monoisotopic (exact) mass is 271 g/mol. The van der Waals surface area contributed by atoms with Crippen molar-refractivity contribution in [3.63, 3.8) is 0 Å². The number of amides is 1. The van der Waals surface area contributed by atoms with E-state index in [1.54, 1.807) is 13.8 Å². The van der Waals surface area contributed by atoms with Crippen molar-refractivity contribution in [1.29, 1.82) is 0 Å². The van der Waals surface area contributed by atoms with Gasteiger partial charge in [-0.2, -0.15) is 0 Å². The van der Waals surface area contributed by atoms with Crippen LogP contribution in [0.3, 0.4) is 0 Å². The van der Waals surface area contributed by atoms with Gasteiger partial charge >= 0.3 is 5.97 Å². The second-order valence-corrected chi connectivity index (χ2v) is 4.91. The first-order valence-electron chi connectivity index (χ1n) is 7.57. The summed E-state index contributed by atoms with van der Waals surface area (Å²) >= 11 is 0. The average Bonchev–Trinajstić information content (AvgIpc) is 2.38. The van der Waals surface area contributed by atoms with Crippen molar-refractivity contribution in [1.82, 2.24) is 5.32 Å². The number of nitrogens with one attached hydrogen (secondary N) is 1. The van der Waals surface area contributed by atoms with Crippen LogP contribution >= 0.6 is 0 Å². The normalized spacial score (nSPS) is 11.9. The molecule has 0 spiro atoms. The molecule has 0 aliphatic rings. The van der Waals surface area contributed by atoms with E-state index in [0.717, 1.165) is 12.8 Å². The lowest BCUT2D eigenvalue weighted by Gasteiger charge is -2.12. The molecule has 4 nitrogen and oxygen atoms in total. The summed E-state index contributed by atoms with van der Waals surface area (Å²) in [6, 6.07) is -0.544. The van der Waals surface area contributed by atoms with Crippen LogP contribution in [0.5, 0.6) is 0 Å². The first-order valence-corrected chi connectivity index (χ1v) is 7.57. The fourth-order valence-electron chi connectivity index (χ4n) is 1.88. The first kappa shape index (κ1) is 17.9. The molecule has 4 heteroatoms. The molecule has 0 radical (unpaired) electrons. The molecule has 0 fully saturated rings. The van der Waals surface area contributed by atoms with Crippen LogP contribution in [-0.4, -0.2) is 24.5 Å². The van der Waals surface area contributed by atoms with Crippen molar-refractivity contribution in [2.24, 2.45) is 0 Å². The van der Waals surface area contributed by atoms with E-state index < -0.39 is 6.04 Å². The van der Waals surface area contributed by atoms with Gasteiger partial charge in [-0.1, -0.05) is 45.4 Å². The van der Waals surface area contributed by atoms with Gasteiger partial charge in [0.2, 0.25) is 5.91 Å². The molecule has 1 atom stereocenters. The van der Waals surface area contributed by atoms with Gasteiger partial charge in [0, 0.05) is 6.42 Å². The predicted molar refractivity (Wildman–Crippen MR) is 76.8 cm³/mol. The van der Waals surface area contributed by atoms with E-state index in [1.807, 2.05) is 0 Å². The number of carbonyl (C=O) groups excluding carboxylic acids is 2. The van der Waals surface area contributed by atoms with Crippen LogP contribution in [-0.2, 0) is 14.3 Å². The lowest BCUT2D eigenvalue weighted by molar-refractivity contribution is -0.146. The molecular formula is C15H29NO3. The van der Waals surface area contributed by atoms with Crippen molar-refractivity contribution in [3.05, 3.63) is 0 Å². The molecular weight excluding hydrogens is 242 g/mol. The Hall–Kier alpha value is -1.06.